The number of aliphatic hydroxyl groups is 3. The zero-order valence-electron chi connectivity index (χ0n) is 14.0. The highest BCUT2D eigenvalue weighted by atomic mass is 32.1. The van der Waals surface area contributed by atoms with Gasteiger partial charge in [0.15, 0.2) is 6.29 Å². The maximum atomic E-state index is 11.4. The molecular weight excluding hydrogens is 348 g/mol. The molecule has 2 heterocycles. The van der Waals surface area contributed by atoms with E-state index in [4.69, 9.17) is 9.47 Å². The third-order valence-corrected chi connectivity index (χ3v) is 5.64. The first-order chi connectivity index (χ1) is 12.0. The minimum atomic E-state index is -1.30. The Kier molecular flexibility index (Phi) is 6.03. The van der Waals surface area contributed by atoms with Gasteiger partial charge in [0, 0.05) is 17.7 Å². The van der Waals surface area contributed by atoms with Crippen LogP contribution in [0.25, 0.3) is 0 Å². The molecule has 0 spiro atoms. The van der Waals surface area contributed by atoms with Gasteiger partial charge >= 0.3 is 0 Å². The molecule has 6 atom stereocenters. The molecule has 1 saturated heterocycles. The molecule has 0 radical (unpaired) electrons. The number of carbonyl (C=O) groups excluding carboxylic acids is 1. The predicted octanol–water partition coefficient (Wildman–Crippen LogP) is -0.477. The molecule has 3 rings (SSSR count). The quantitative estimate of drug-likeness (QED) is 0.551. The van der Waals surface area contributed by atoms with Crippen molar-refractivity contribution in [1.82, 2.24) is 10.3 Å². The summed E-state index contributed by atoms with van der Waals surface area (Å²) >= 11 is 1.64. The molecule has 0 saturated carbocycles. The normalized spacial score (nSPS) is 35.2. The van der Waals surface area contributed by atoms with E-state index in [9.17, 15) is 20.1 Å². The number of amides is 1. The Hall–Kier alpha value is -1.10. The van der Waals surface area contributed by atoms with Gasteiger partial charge in [-0.1, -0.05) is 0 Å². The van der Waals surface area contributed by atoms with E-state index < -0.39 is 37.3 Å². The zero-order valence-corrected chi connectivity index (χ0v) is 14.8. The minimum absolute atomic E-state index is 0.133. The number of aromatic nitrogens is 1. The van der Waals surface area contributed by atoms with Crippen LogP contribution in [0.4, 0.5) is 0 Å². The standard InChI is InChI=1S/C16H24N2O6S/c1-8(20)18-13-15(22)14(21)10(5-19)24-16(13)23-6-9-3-2-4-11-12(9)17-7-25-11/h7,9-10,13-16,19,21-22H,2-6H2,1H3,(H,18,20)/t9-,10-,13-,14-,15-,16-/m1/s1. The van der Waals surface area contributed by atoms with Gasteiger partial charge in [-0.2, -0.15) is 0 Å². The molecule has 0 bridgehead atoms. The van der Waals surface area contributed by atoms with Crippen LogP contribution in [0.1, 0.15) is 36.3 Å². The molecule has 1 aromatic heterocycles. The average molecular weight is 372 g/mol. The number of aryl methyl sites for hydroxylation is 1. The molecule has 1 fully saturated rings. The summed E-state index contributed by atoms with van der Waals surface area (Å²) in [6, 6.07) is -0.909. The molecule has 4 N–H and O–H groups in total. The predicted molar refractivity (Wildman–Crippen MR) is 89.1 cm³/mol. The molecule has 1 aliphatic heterocycles. The highest BCUT2D eigenvalue weighted by molar-refractivity contribution is 7.09. The second kappa shape index (κ2) is 8.07. The van der Waals surface area contributed by atoms with Crippen LogP contribution in [0.3, 0.4) is 0 Å². The molecule has 1 amide bonds. The van der Waals surface area contributed by atoms with E-state index >= 15 is 0 Å². The van der Waals surface area contributed by atoms with Crippen LogP contribution in [0.2, 0.25) is 0 Å². The summed E-state index contributed by atoms with van der Waals surface area (Å²) < 4.78 is 11.4. The molecule has 9 heteroatoms. The van der Waals surface area contributed by atoms with Gasteiger partial charge in [0.1, 0.15) is 24.4 Å². The summed E-state index contributed by atoms with van der Waals surface area (Å²) in [6.45, 7) is 1.19. The number of carbonyl (C=O) groups is 1. The molecule has 140 valence electrons. The van der Waals surface area contributed by atoms with Gasteiger partial charge in [-0.3, -0.25) is 4.79 Å². The van der Waals surface area contributed by atoms with Crippen LogP contribution in [0, 0.1) is 0 Å². The van der Waals surface area contributed by atoms with Gasteiger partial charge in [-0.25, -0.2) is 4.98 Å². The van der Waals surface area contributed by atoms with Crippen LogP contribution >= 0.6 is 11.3 Å². The van der Waals surface area contributed by atoms with E-state index in [2.05, 4.69) is 10.3 Å². The summed E-state index contributed by atoms with van der Waals surface area (Å²) in [7, 11) is 0. The molecule has 1 aromatic rings. The lowest BCUT2D eigenvalue weighted by molar-refractivity contribution is -0.271. The van der Waals surface area contributed by atoms with Crippen LogP contribution in [0.15, 0.2) is 5.51 Å². The van der Waals surface area contributed by atoms with Crippen LogP contribution in [-0.2, 0) is 20.7 Å². The van der Waals surface area contributed by atoms with Gasteiger partial charge in [-0.15, -0.1) is 11.3 Å². The minimum Gasteiger partial charge on any atom is -0.394 e. The first kappa shape index (κ1) is 18.7. The maximum absolute atomic E-state index is 11.4. The fraction of sp³-hybridized carbons (Fsp3) is 0.750. The van der Waals surface area contributed by atoms with Crippen LogP contribution in [0.5, 0.6) is 0 Å². The van der Waals surface area contributed by atoms with Gasteiger partial charge in [0.2, 0.25) is 5.91 Å². The number of hydrogen-bond donors (Lipinski definition) is 4. The van der Waals surface area contributed by atoms with Crippen molar-refractivity contribution in [2.45, 2.75) is 62.7 Å². The number of nitrogens with zero attached hydrogens (tertiary/aromatic N) is 1. The van der Waals surface area contributed by atoms with E-state index in [1.165, 1.54) is 11.8 Å². The number of nitrogens with one attached hydrogen (secondary N) is 1. The second-order valence-electron chi connectivity index (χ2n) is 6.52. The molecule has 2 aliphatic rings. The van der Waals surface area contributed by atoms with Crippen molar-refractivity contribution in [2.24, 2.45) is 0 Å². The number of thiazole rings is 1. The van der Waals surface area contributed by atoms with Crippen molar-refractivity contribution in [3.05, 3.63) is 16.1 Å². The van der Waals surface area contributed by atoms with Gasteiger partial charge in [0.05, 0.1) is 24.4 Å². The number of rotatable bonds is 5. The zero-order chi connectivity index (χ0) is 18.0. The number of aliphatic hydroxyl groups excluding tert-OH is 3. The highest BCUT2D eigenvalue weighted by Gasteiger charge is 2.45. The Morgan fingerprint density at radius 3 is 3.00 bits per heavy atom. The fourth-order valence-electron chi connectivity index (χ4n) is 3.43. The molecule has 25 heavy (non-hydrogen) atoms. The highest BCUT2D eigenvalue weighted by Crippen LogP contribution is 2.34. The lowest BCUT2D eigenvalue weighted by Crippen LogP contribution is -2.64. The monoisotopic (exact) mass is 372 g/mol. The molecule has 1 aliphatic carbocycles. The fourth-order valence-corrected chi connectivity index (χ4v) is 4.33. The number of fused-ring (bicyclic) bond motifs is 1. The third-order valence-electron chi connectivity index (χ3n) is 4.73. The van der Waals surface area contributed by atoms with E-state index in [0.717, 1.165) is 25.0 Å². The maximum Gasteiger partial charge on any atom is 0.217 e. The molecule has 0 aromatic carbocycles. The summed E-state index contributed by atoms with van der Waals surface area (Å²) in [6.07, 6.45) is -1.48. The van der Waals surface area contributed by atoms with Crippen molar-refractivity contribution < 1.29 is 29.6 Å². The average Bonchev–Trinajstić information content (AvgIpc) is 3.07. The lowest BCUT2D eigenvalue weighted by atomic mass is 9.91. The molecular formula is C16H24N2O6S. The van der Waals surface area contributed by atoms with Gasteiger partial charge < -0.3 is 30.1 Å². The summed E-state index contributed by atoms with van der Waals surface area (Å²) in [5.41, 5.74) is 2.88. The van der Waals surface area contributed by atoms with Crippen molar-refractivity contribution in [3.8, 4) is 0 Å². The Morgan fingerprint density at radius 2 is 2.28 bits per heavy atom. The Bertz CT molecular complexity index is 597. The smallest absolute Gasteiger partial charge is 0.217 e. The first-order valence-corrected chi connectivity index (χ1v) is 9.32. The topological polar surface area (TPSA) is 121 Å². The largest absolute Gasteiger partial charge is 0.394 e. The van der Waals surface area contributed by atoms with Crippen LogP contribution in [-0.4, -0.2) is 70.1 Å². The number of ether oxygens (including phenoxy) is 2. The number of hydrogen-bond acceptors (Lipinski definition) is 8. The molecule has 8 nitrogen and oxygen atoms in total. The van der Waals surface area contributed by atoms with E-state index in [-0.39, 0.29) is 11.8 Å². The first-order valence-electron chi connectivity index (χ1n) is 8.44. The summed E-state index contributed by atoms with van der Waals surface area (Å²) in [5, 5.41) is 32.2. The molecule has 0 unspecified atom stereocenters. The van der Waals surface area contributed by atoms with E-state index in [1.54, 1.807) is 11.3 Å². The summed E-state index contributed by atoms with van der Waals surface area (Å²) in [4.78, 5) is 17.1. The van der Waals surface area contributed by atoms with Gasteiger partial charge in [0.25, 0.3) is 0 Å². The third kappa shape index (κ3) is 4.02. The Balaban J connectivity index is 1.69. The van der Waals surface area contributed by atoms with Crippen molar-refractivity contribution in [2.75, 3.05) is 13.2 Å². The second-order valence-corrected chi connectivity index (χ2v) is 7.46. The Morgan fingerprint density at radius 1 is 1.48 bits per heavy atom. The summed E-state index contributed by atoms with van der Waals surface area (Å²) in [5.74, 6) is -0.233. The van der Waals surface area contributed by atoms with Crippen molar-refractivity contribution in [1.29, 1.82) is 0 Å². The lowest BCUT2D eigenvalue weighted by Gasteiger charge is -2.42. The van der Waals surface area contributed by atoms with E-state index in [0.29, 0.717) is 6.61 Å². The van der Waals surface area contributed by atoms with Gasteiger partial charge in [-0.05, 0) is 19.3 Å². The van der Waals surface area contributed by atoms with E-state index in [1.807, 2.05) is 5.51 Å². The van der Waals surface area contributed by atoms with Crippen molar-refractivity contribution in [3.63, 3.8) is 0 Å². The van der Waals surface area contributed by atoms with Crippen molar-refractivity contribution >= 4 is 17.2 Å². The Labute approximate surface area is 149 Å². The van der Waals surface area contributed by atoms with Crippen LogP contribution < -0.4 is 5.32 Å². The SMILES string of the molecule is CC(=O)N[C@H]1[C@H](OC[C@H]2CCCc3scnc32)O[C@H](CO)[C@@H](O)[C@@H]1O.